The average Bonchev–Trinajstić information content (AvgIpc) is 2.90. The molecular formula is C15H21BrN2. The minimum absolute atomic E-state index is 0.945. The molecule has 2 nitrogen and oxygen atoms in total. The number of fused-ring (bicyclic) bond motifs is 1. The fourth-order valence-electron chi connectivity index (χ4n) is 3.63. The molecule has 1 heterocycles. The van der Waals surface area contributed by atoms with E-state index in [-0.39, 0.29) is 0 Å². The number of nitrogens with one attached hydrogen (secondary N) is 1. The van der Waals surface area contributed by atoms with Gasteiger partial charge in [0.25, 0.3) is 0 Å². The third-order valence-electron chi connectivity index (χ3n) is 4.48. The Morgan fingerprint density at radius 2 is 2.00 bits per heavy atom. The Labute approximate surface area is 118 Å². The molecule has 0 radical (unpaired) electrons. The van der Waals surface area contributed by atoms with Gasteiger partial charge in [0.05, 0.1) is 0 Å². The van der Waals surface area contributed by atoms with Crippen molar-refractivity contribution in [3.05, 3.63) is 28.2 Å². The summed E-state index contributed by atoms with van der Waals surface area (Å²) in [6, 6.07) is 6.69. The molecule has 1 aromatic rings. The number of rotatable bonds is 3. The van der Waals surface area contributed by atoms with E-state index >= 15 is 0 Å². The maximum absolute atomic E-state index is 3.58. The maximum Gasteiger partial charge on any atom is 0.0412 e. The summed E-state index contributed by atoms with van der Waals surface area (Å²) in [6.45, 7) is 3.48. The molecule has 98 valence electrons. The minimum atomic E-state index is 0.945. The molecule has 0 amide bonds. The van der Waals surface area contributed by atoms with Crippen LogP contribution in [0.2, 0.25) is 0 Å². The zero-order valence-corrected chi connectivity index (χ0v) is 12.5. The standard InChI is InChI=1S/C15H21BrN2/c1-17-8-13-7-14(16)5-6-15(13)18-9-11-3-2-4-12(11)10-18/h5-7,11-12,17H,2-4,8-10H2,1H3. The largest absolute Gasteiger partial charge is 0.371 e. The van der Waals surface area contributed by atoms with Crippen molar-refractivity contribution in [1.82, 2.24) is 5.32 Å². The highest BCUT2D eigenvalue weighted by Crippen LogP contribution is 2.40. The van der Waals surface area contributed by atoms with Crippen LogP contribution in [0.25, 0.3) is 0 Å². The van der Waals surface area contributed by atoms with E-state index in [4.69, 9.17) is 0 Å². The lowest BCUT2D eigenvalue weighted by Crippen LogP contribution is -2.23. The average molecular weight is 309 g/mol. The van der Waals surface area contributed by atoms with E-state index < -0.39 is 0 Å². The van der Waals surface area contributed by atoms with Crippen LogP contribution < -0.4 is 10.2 Å². The zero-order valence-electron chi connectivity index (χ0n) is 11.0. The van der Waals surface area contributed by atoms with Crippen LogP contribution in [0.4, 0.5) is 5.69 Å². The van der Waals surface area contributed by atoms with Crippen LogP contribution in [0.3, 0.4) is 0 Å². The summed E-state index contributed by atoms with van der Waals surface area (Å²) >= 11 is 3.58. The molecule has 0 bridgehead atoms. The first-order valence-electron chi connectivity index (χ1n) is 6.96. The first-order chi connectivity index (χ1) is 8.78. The first-order valence-corrected chi connectivity index (χ1v) is 7.75. The van der Waals surface area contributed by atoms with Crippen molar-refractivity contribution < 1.29 is 0 Å². The van der Waals surface area contributed by atoms with Gasteiger partial charge in [-0.2, -0.15) is 0 Å². The second-order valence-corrected chi connectivity index (χ2v) is 6.58. The highest BCUT2D eigenvalue weighted by molar-refractivity contribution is 9.10. The van der Waals surface area contributed by atoms with Gasteiger partial charge in [0.1, 0.15) is 0 Å². The Bertz CT molecular complexity index is 421. The van der Waals surface area contributed by atoms with Crippen LogP contribution in [0.5, 0.6) is 0 Å². The molecule has 3 heteroatoms. The van der Waals surface area contributed by atoms with E-state index in [0.29, 0.717) is 0 Å². The molecule has 2 atom stereocenters. The summed E-state index contributed by atoms with van der Waals surface area (Å²) in [5, 5.41) is 3.28. The molecule has 0 aromatic heterocycles. The lowest BCUT2D eigenvalue weighted by atomic mass is 10.0. The lowest BCUT2D eigenvalue weighted by molar-refractivity contribution is 0.494. The summed E-state index contributed by atoms with van der Waals surface area (Å²) in [5.74, 6) is 1.91. The molecule has 2 aliphatic rings. The van der Waals surface area contributed by atoms with Crippen LogP contribution in [0.15, 0.2) is 22.7 Å². The minimum Gasteiger partial charge on any atom is -0.371 e. The summed E-state index contributed by atoms with van der Waals surface area (Å²) in [6.07, 6.45) is 4.34. The van der Waals surface area contributed by atoms with Crippen molar-refractivity contribution in [2.45, 2.75) is 25.8 Å². The monoisotopic (exact) mass is 308 g/mol. The molecule has 1 saturated carbocycles. The highest BCUT2D eigenvalue weighted by atomic mass is 79.9. The first kappa shape index (κ1) is 12.5. The third kappa shape index (κ3) is 2.30. The highest BCUT2D eigenvalue weighted by Gasteiger charge is 2.36. The van der Waals surface area contributed by atoms with Crippen molar-refractivity contribution in [2.75, 3.05) is 25.0 Å². The molecule has 2 fully saturated rings. The topological polar surface area (TPSA) is 15.3 Å². The molecule has 1 aliphatic heterocycles. The molecular weight excluding hydrogens is 288 g/mol. The lowest BCUT2D eigenvalue weighted by Gasteiger charge is -2.23. The zero-order chi connectivity index (χ0) is 12.5. The number of benzene rings is 1. The SMILES string of the molecule is CNCc1cc(Br)ccc1N1CC2CCCC2C1. The van der Waals surface area contributed by atoms with Crippen LogP contribution in [-0.4, -0.2) is 20.1 Å². The molecule has 3 rings (SSSR count). The normalized spacial score (nSPS) is 26.7. The smallest absolute Gasteiger partial charge is 0.0412 e. The number of anilines is 1. The predicted octanol–water partition coefficient (Wildman–Crippen LogP) is 3.40. The van der Waals surface area contributed by atoms with Crippen molar-refractivity contribution in [1.29, 1.82) is 0 Å². The van der Waals surface area contributed by atoms with Gasteiger partial charge in [0, 0.05) is 29.8 Å². The summed E-state index contributed by atoms with van der Waals surface area (Å²) in [5.41, 5.74) is 2.84. The fraction of sp³-hybridized carbons (Fsp3) is 0.600. The van der Waals surface area contributed by atoms with Gasteiger partial charge in [-0.05, 0) is 55.5 Å². The van der Waals surface area contributed by atoms with Gasteiger partial charge in [-0.25, -0.2) is 0 Å². The van der Waals surface area contributed by atoms with Gasteiger partial charge in [-0.1, -0.05) is 22.4 Å². The number of hydrogen-bond acceptors (Lipinski definition) is 2. The quantitative estimate of drug-likeness (QED) is 0.920. The Hall–Kier alpha value is -0.540. The van der Waals surface area contributed by atoms with Crippen LogP contribution in [-0.2, 0) is 6.54 Å². The Morgan fingerprint density at radius 3 is 2.67 bits per heavy atom. The summed E-state index contributed by atoms with van der Waals surface area (Å²) in [7, 11) is 2.02. The second-order valence-electron chi connectivity index (χ2n) is 5.66. The van der Waals surface area contributed by atoms with E-state index in [9.17, 15) is 0 Å². The van der Waals surface area contributed by atoms with Gasteiger partial charge in [0.2, 0.25) is 0 Å². The third-order valence-corrected chi connectivity index (χ3v) is 4.97. The van der Waals surface area contributed by atoms with Crippen LogP contribution in [0.1, 0.15) is 24.8 Å². The second kappa shape index (κ2) is 5.22. The van der Waals surface area contributed by atoms with Gasteiger partial charge in [-0.3, -0.25) is 0 Å². The number of hydrogen-bond donors (Lipinski definition) is 1. The molecule has 1 aliphatic carbocycles. The van der Waals surface area contributed by atoms with Gasteiger partial charge in [-0.15, -0.1) is 0 Å². The van der Waals surface area contributed by atoms with Gasteiger partial charge in [0.15, 0.2) is 0 Å². The van der Waals surface area contributed by atoms with E-state index in [2.05, 4.69) is 44.3 Å². The van der Waals surface area contributed by atoms with Gasteiger partial charge < -0.3 is 10.2 Å². The molecule has 0 spiro atoms. The van der Waals surface area contributed by atoms with E-state index in [1.807, 2.05) is 7.05 Å². The summed E-state index contributed by atoms with van der Waals surface area (Å²) in [4.78, 5) is 2.60. The van der Waals surface area contributed by atoms with E-state index in [0.717, 1.165) is 18.4 Å². The van der Waals surface area contributed by atoms with Crippen molar-refractivity contribution in [3.63, 3.8) is 0 Å². The van der Waals surface area contributed by atoms with Crippen molar-refractivity contribution in [2.24, 2.45) is 11.8 Å². The van der Waals surface area contributed by atoms with E-state index in [1.54, 1.807) is 0 Å². The van der Waals surface area contributed by atoms with Crippen LogP contribution >= 0.6 is 15.9 Å². The van der Waals surface area contributed by atoms with E-state index in [1.165, 1.54) is 48.1 Å². The molecule has 18 heavy (non-hydrogen) atoms. The number of nitrogens with zero attached hydrogens (tertiary/aromatic N) is 1. The Balaban J connectivity index is 1.83. The molecule has 2 unspecified atom stereocenters. The molecule has 1 aromatic carbocycles. The maximum atomic E-state index is 3.58. The van der Waals surface area contributed by atoms with Gasteiger partial charge >= 0.3 is 0 Å². The Kier molecular flexibility index (Phi) is 3.62. The Morgan fingerprint density at radius 1 is 1.28 bits per heavy atom. The van der Waals surface area contributed by atoms with Crippen LogP contribution in [0, 0.1) is 11.8 Å². The predicted molar refractivity (Wildman–Crippen MR) is 79.9 cm³/mol. The van der Waals surface area contributed by atoms with Crippen molar-refractivity contribution in [3.8, 4) is 0 Å². The molecule has 1 N–H and O–H groups in total. The number of halogens is 1. The molecule has 1 saturated heterocycles. The summed E-state index contributed by atoms with van der Waals surface area (Å²) < 4.78 is 1.18. The van der Waals surface area contributed by atoms with Crippen molar-refractivity contribution >= 4 is 21.6 Å². The fourth-order valence-corrected chi connectivity index (χ4v) is 4.03.